The van der Waals surface area contributed by atoms with Gasteiger partial charge in [0.2, 0.25) is 5.95 Å². The van der Waals surface area contributed by atoms with Crippen LogP contribution in [-0.2, 0) is 11.8 Å². The van der Waals surface area contributed by atoms with Crippen molar-refractivity contribution in [3.63, 3.8) is 0 Å². The standard InChI is InChI=1S/C16H24N6O/c1-3-23-12-8-11(16(12)6-4-5-7-16)19-15-20-13(17)10-9-18-22(2)14(10)21-15/h9,11-12H,3-8H2,1-2H3,(H3,17,19,20,21)/t11-,12-/m0/s1. The molecule has 0 radical (unpaired) electrons. The summed E-state index contributed by atoms with van der Waals surface area (Å²) in [5.74, 6) is 1.08. The first-order valence-corrected chi connectivity index (χ1v) is 8.47. The second-order valence-electron chi connectivity index (χ2n) is 6.75. The zero-order valence-electron chi connectivity index (χ0n) is 13.7. The van der Waals surface area contributed by atoms with Crippen LogP contribution in [0.4, 0.5) is 11.8 Å². The molecule has 23 heavy (non-hydrogen) atoms. The van der Waals surface area contributed by atoms with Crippen molar-refractivity contribution in [2.75, 3.05) is 17.7 Å². The van der Waals surface area contributed by atoms with Gasteiger partial charge in [0.05, 0.1) is 17.7 Å². The molecule has 1 spiro atoms. The predicted molar refractivity (Wildman–Crippen MR) is 89.1 cm³/mol. The lowest BCUT2D eigenvalue weighted by molar-refractivity contribution is -0.114. The Labute approximate surface area is 135 Å². The highest BCUT2D eigenvalue weighted by Gasteiger charge is 2.56. The molecule has 0 bridgehead atoms. The molecule has 7 heteroatoms. The van der Waals surface area contributed by atoms with E-state index in [1.807, 2.05) is 7.05 Å². The number of nitrogens with zero attached hydrogens (tertiary/aromatic N) is 4. The molecule has 0 amide bonds. The molecular weight excluding hydrogens is 292 g/mol. The first kappa shape index (κ1) is 14.7. The summed E-state index contributed by atoms with van der Waals surface area (Å²) in [7, 11) is 1.87. The second-order valence-corrected chi connectivity index (χ2v) is 6.75. The molecule has 3 N–H and O–H groups in total. The minimum atomic E-state index is 0.246. The van der Waals surface area contributed by atoms with E-state index < -0.39 is 0 Å². The van der Waals surface area contributed by atoms with E-state index in [1.54, 1.807) is 10.9 Å². The number of nitrogens with two attached hydrogens (primary N) is 1. The molecule has 2 aliphatic rings. The van der Waals surface area contributed by atoms with Gasteiger partial charge in [-0.2, -0.15) is 15.1 Å². The van der Waals surface area contributed by atoms with Crippen LogP contribution in [0.25, 0.3) is 11.0 Å². The van der Waals surface area contributed by atoms with Gasteiger partial charge in [-0.05, 0) is 26.2 Å². The Morgan fingerprint density at radius 3 is 2.91 bits per heavy atom. The normalized spacial score (nSPS) is 25.8. The fourth-order valence-corrected chi connectivity index (χ4v) is 4.35. The zero-order valence-corrected chi connectivity index (χ0v) is 13.7. The molecule has 0 saturated heterocycles. The summed E-state index contributed by atoms with van der Waals surface area (Å²) in [6.45, 7) is 2.85. The van der Waals surface area contributed by atoms with E-state index in [9.17, 15) is 0 Å². The van der Waals surface area contributed by atoms with Crippen molar-refractivity contribution in [2.24, 2.45) is 12.5 Å². The van der Waals surface area contributed by atoms with Crippen molar-refractivity contribution in [1.29, 1.82) is 0 Å². The van der Waals surface area contributed by atoms with E-state index in [1.165, 1.54) is 25.7 Å². The maximum absolute atomic E-state index is 6.06. The molecule has 2 aromatic rings. The molecule has 0 unspecified atom stereocenters. The van der Waals surface area contributed by atoms with Gasteiger partial charge in [-0.15, -0.1) is 0 Å². The summed E-state index contributed by atoms with van der Waals surface area (Å²) in [6, 6.07) is 0.367. The van der Waals surface area contributed by atoms with Gasteiger partial charge in [0.1, 0.15) is 5.82 Å². The lowest BCUT2D eigenvalue weighted by Gasteiger charge is -2.54. The molecule has 7 nitrogen and oxygen atoms in total. The minimum Gasteiger partial charge on any atom is -0.383 e. The van der Waals surface area contributed by atoms with Crippen LogP contribution in [0.15, 0.2) is 6.20 Å². The number of hydrogen-bond donors (Lipinski definition) is 2. The highest BCUT2D eigenvalue weighted by Crippen LogP contribution is 2.55. The van der Waals surface area contributed by atoms with Crippen LogP contribution < -0.4 is 11.1 Å². The highest BCUT2D eigenvalue weighted by atomic mass is 16.5. The van der Waals surface area contributed by atoms with E-state index in [-0.39, 0.29) is 5.41 Å². The zero-order chi connectivity index (χ0) is 16.0. The number of ether oxygens (including phenoxy) is 1. The van der Waals surface area contributed by atoms with Gasteiger partial charge in [0, 0.05) is 25.1 Å². The van der Waals surface area contributed by atoms with Crippen molar-refractivity contribution >= 4 is 22.8 Å². The summed E-state index contributed by atoms with van der Waals surface area (Å²) in [6.07, 6.45) is 8.10. The maximum Gasteiger partial charge on any atom is 0.226 e. The Balaban J connectivity index is 1.59. The summed E-state index contributed by atoms with van der Waals surface area (Å²) in [5, 5.41) is 8.53. The van der Waals surface area contributed by atoms with Crippen LogP contribution in [0.5, 0.6) is 0 Å². The molecule has 2 heterocycles. The van der Waals surface area contributed by atoms with Crippen molar-refractivity contribution in [3.8, 4) is 0 Å². The van der Waals surface area contributed by atoms with E-state index in [0.29, 0.717) is 23.9 Å². The topological polar surface area (TPSA) is 90.9 Å². The van der Waals surface area contributed by atoms with Crippen LogP contribution in [0.3, 0.4) is 0 Å². The number of nitrogens with one attached hydrogen (secondary N) is 1. The van der Waals surface area contributed by atoms with Crippen LogP contribution in [-0.4, -0.2) is 38.5 Å². The monoisotopic (exact) mass is 316 g/mol. The van der Waals surface area contributed by atoms with Crippen molar-refractivity contribution in [1.82, 2.24) is 19.7 Å². The van der Waals surface area contributed by atoms with Gasteiger partial charge in [-0.3, -0.25) is 4.68 Å². The average molecular weight is 316 g/mol. The molecule has 0 aromatic carbocycles. The molecule has 2 atom stereocenters. The average Bonchev–Trinajstić information content (AvgIpc) is 3.16. The highest BCUT2D eigenvalue weighted by molar-refractivity contribution is 5.86. The smallest absolute Gasteiger partial charge is 0.226 e. The number of hydrogen-bond acceptors (Lipinski definition) is 6. The number of nitrogen functional groups attached to an aromatic ring is 1. The summed E-state index contributed by atoms with van der Waals surface area (Å²) in [5.41, 5.74) is 7.07. The Kier molecular flexibility index (Phi) is 3.41. The first-order chi connectivity index (χ1) is 11.1. The van der Waals surface area contributed by atoms with E-state index in [2.05, 4.69) is 27.3 Å². The Morgan fingerprint density at radius 2 is 2.17 bits per heavy atom. The maximum atomic E-state index is 6.06. The number of aromatic nitrogens is 4. The summed E-state index contributed by atoms with van der Waals surface area (Å²) < 4.78 is 7.69. The molecule has 124 valence electrons. The fourth-order valence-electron chi connectivity index (χ4n) is 4.35. The summed E-state index contributed by atoms with van der Waals surface area (Å²) in [4.78, 5) is 9.02. The molecular formula is C16H24N6O. The third-order valence-electron chi connectivity index (χ3n) is 5.61. The van der Waals surface area contributed by atoms with Crippen LogP contribution in [0.2, 0.25) is 0 Å². The van der Waals surface area contributed by atoms with Gasteiger partial charge < -0.3 is 15.8 Å². The molecule has 0 aliphatic heterocycles. The van der Waals surface area contributed by atoms with Crippen LogP contribution in [0, 0.1) is 5.41 Å². The third-order valence-corrected chi connectivity index (χ3v) is 5.61. The third kappa shape index (κ3) is 2.17. The minimum absolute atomic E-state index is 0.246. The van der Waals surface area contributed by atoms with Crippen LogP contribution >= 0.6 is 0 Å². The number of anilines is 2. The lowest BCUT2D eigenvalue weighted by atomic mass is 9.60. The van der Waals surface area contributed by atoms with Crippen molar-refractivity contribution < 1.29 is 4.74 Å². The fraction of sp³-hybridized carbons (Fsp3) is 0.688. The molecule has 2 fully saturated rings. The van der Waals surface area contributed by atoms with E-state index in [4.69, 9.17) is 10.5 Å². The van der Waals surface area contributed by atoms with E-state index in [0.717, 1.165) is 24.1 Å². The molecule has 2 saturated carbocycles. The molecule has 4 rings (SSSR count). The number of aryl methyl sites for hydroxylation is 1. The largest absolute Gasteiger partial charge is 0.383 e. The van der Waals surface area contributed by atoms with Gasteiger partial charge in [0.25, 0.3) is 0 Å². The van der Waals surface area contributed by atoms with E-state index >= 15 is 0 Å². The quantitative estimate of drug-likeness (QED) is 0.897. The van der Waals surface area contributed by atoms with Crippen molar-refractivity contribution in [3.05, 3.63) is 6.20 Å². The number of rotatable bonds is 4. The lowest BCUT2D eigenvalue weighted by Crippen LogP contribution is -2.60. The van der Waals surface area contributed by atoms with Crippen LogP contribution in [0.1, 0.15) is 39.0 Å². The van der Waals surface area contributed by atoms with Gasteiger partial charge in [-0.25, -0.2) is 0 Å². The predicted octanol–water partition coefficient (Wildman–Crippen LogP) is 2.10. The summed E-state index contributed by atoms with van der Waals surface area (Å²) >= 11 is 0. The van der Waals surface area contributed by atoms with Gasteiger partial charge in [-0.1, -0.05) is 12.8 Å². The SMILES string of the molecule is CCO[C@H]1C[C@H](Nc2nc(N)c3cnn(C)c3n2)C12CCCC2. The number of fused-ring (bicyclic) bond motifs is 1. The molecule has 2 aliphatic carbocycles. The van der Waals surface area contributed by atoms with Crippen molar-refractivity contribution in [2.45, 2.75) is 51.2 Å². The van der Waals surface area contributed by atoms with Gasteiger partial charge >= 0.3 is 0 Å². The molecule has 2 aromatic heterocycles. The Morgan fingerprint density at radius 1 is 1.39 bits per heavy atom. The second kappa shape index (κ2) is 5.33. The Bertz CT molecular complexity index is 721. The first-order valence-electron chi connectivity index (χ1n) is 8.47. The Hall–Kier alpha value is -1.89. The van der Waals surface area contributed by atoms with Gasteiger partial charge in [0.15, 0.2) is 5.65 Å².